The molecule has 5 atom stereocenters. The average molecular weight is 330 g/mol. The first-order valence-corrected chi connectivity index (χ1v) is 7.07. The van der Waals surface area contributed by atoms with Gasteiger partial charge in [-0.3, -0.25) is 5.84 Å². The summed E-state index contributed by atoms with van der Waals surface area (Å²) < 4.78 is 15.8. The van der Waals surface area contributed by atoms with Crippen LogP contribution in [0.2, 0.25) is 0 Å². The maximum Gasteiger partial charge on any atom is 0.229 e. The van der Waals surface area contributed by atoms with Gasteiger partial charge in [0.1, 0.15) is 30.2 Å². The molecule has 9 heteroatoms. The summed E-state index contributed by atoms with van der Waals surface area (Å²) >= 11 is 0. The second-order valence-electron chi connectivity index (χ2n) is 5.22. The van der Waals surface area contributed by atoms with Crippen LogP contribution >= 0.6 is 0 Å². The second kappa shape index (κ2) is 7.88. The van der Waals surface area contributed by atoms with E-state index in [4.69, 9.17) is 25.2 Å². The van der Waals surface area contributed by atoms with Crippen LogP contribution in [0.1, 0.15) is 5.56 Å². The lowest BCUT2D eigenvalue weighted by Gasteiger charge is -2.39. The monoisotopic (exact) mass is 330 g/mol. The number of ether oxygens (including phenoxy) is 3. The lowest BCUT2D eigenvalue weighted by molar-refractivity contribution is -0.277. The summed E-state index contributed by atoms with van der Waals surface area (Å²) in [7, 11) is 1.56. The molecule has 23 heavy (non-hydrogen) atoms. The van der Waals surface area contributed by atoms with E-state index in [9.17, 15) is 15.3 Å². The number of hydrogen-bond donors (Lipinski definition) is 6. The number of nitrogen functional groups attached to an aromatic ring is 1. The van der Waals surface area contributed by atoms with E-state index in [2.05, 4.69) is 5.43 Å². The largest absolute Gasteiger partial charge is 0.460 e. The van der Waals surface area contributed by atoms with Crippen LogP contribution in [0.5, 0.6) is 5.75 Å². The highest BCUT2D eigenvalue weighted by Gasteiger charge is 2.44. The van der Waals surface area contributed by atoms with Crippen LogP contribution in [-0.2, 0) is 16.1 Å². The van der Waals surface area contributed by atoms with Gasteiger partial charge in [0, 0.05) is 7.11 Å². The van der Waals surface area contributed by atoms with Crippen molar-refractivity contribution in [3.05, 3.63) is 23.8 Å². The van der Waals surface area contributed by atoms with Crippen molar-refractivity contribution < 1.29 is 34.6 Å². The first-order valence-electron chi connectivity index (χ1n) is 7.07. The topological polar surface area (TPSA) is 147 Å². The van der Waals surface area contributed by atoms with Gasteiger partial charge < -0.3 is 40.1 Å². The van der Waals surface area contributed by atoms with Crippen molar-refractivity contribution in [1.29, 1.82) is 0 Å². The maximum atomic E-state index is 9.97. The number of benzene rings is 1. The van der Waals surface area contributed by atoms with Gasteiger partial charge in [0.25, 0.3) is 0 Å². The zero-order valence-corrected chi connectivity index (χ0v) is 12.6. The number of hydrazine groups is 1. The van der Waals surface area contributed by atoms with Gasteiger partial charge >= 0.3 is 0 Å². The van der Waals surface area contributed by atoms with E-state index in [0.717, 1.165) is 5.56 Å². The van der Waals surface area contributed by atoms with Crippen LogP contribution in [0.25, 0.3) is 0 Å². The SMILES string of the molecule is COCc1ccc(OC2OC(CO)C(O)C(O)C2O)c(NN)c1. The molecule has 1 aliphatic rings. The Bertz CT molecular complexity index is 514. The number of aliphatic hydroxyl groups is 4. The van der Waals surface area contributed by atoms with E-state index < -0.39 is 37.3 Å². The molecular formula is C14H22N2O7. The standard InChI is InChI=1S/C14H22N2O7/c1-21-6-7-2-3-9(8(4-7)16-15)22-14-13(20)12(19)11(18)10(5-17)23-14/h2-4,10-14,16-20H,5-6,15H2,1H3. The third-order valence-corrected chi connectivity index (χ3v) is 3.60. The fourth-order valence-electron chi connectivity index (χ4n) is 2.34. The number of rotatable bonds is 6. The highest BCUT2D eigenvalue weighted by molar-refractivity contribution is 5.57. The molecule has 1 saturated heterocycles. The van der Waals surface area contributed by atoms with Gasteiger partial charge in [0.15, 0.2) is 0 Å². The lowest BCUT2D eigenvalue weighted by Crippen LogP contribution is -2.60. The third-order valence-electron chi connectivity index (χ3n) is 3.60. The van der Waals surface area contributed by atoms with Crippen molar-refractivity contribution in [2.75, 3.05) is 19.1 Å². The molecule has 0 radical (unpaired) electrons. The van der Waals surface area contributed by atoms with E-state index in [0.29, 0.717) is 12.3 Å². The molecule has 1 aromatic rings. The number of aliphatic hydroxyl groups excluding tert-OH is 4. The van der Waals surface area contributed by atoms with Gasteiger partial charge in [-0.15, -0.1) is 0 Å². The van der Waals surface area contributed by atoms with E-state index in [-0.39, 0.29) is 5.75 Å². The van der Waals surface area contributed by atoms with Crippen molar-refractivity contribution >= 4 is 5.69 Å². The summed E-state index contributed by atoms with van der Waals surface area (Å²) in [5, 5.41) is 38.6. The normalized spacial score (nSPS) is 31.0. The molecule has 1 heterocycles. The molecular weight excluding hydrogens is 308 g/mol. The van der Waals surface area contributed by atoms with Crippen molar-refractivity contribution in [2.45, 2.75) is 37.3 Å². The van der Waals surface area contributed by atoms with Crippen molar-refractivity contribution in [1.82, 2.24) is 0 Å². The van der Waals surface area contributed by atoms with Crippen LogP contribution in [-0.4, -0.2) is 64.8 Å². The number of hydrogen-bond acceptors (Lipinski definition) is 9. The van der Waals surface area contributed by atoms with Crippen LogP contribution < -0.4 is 16.0 Å². The Labute approximate surface area is 133 Å². The molecule has 9 nitrogen and oxygen atoms in total. The highest BCUT2D eigenvalue weighted by atomic mass is 16.7. The Hall–Kier alpha value is -1.46. The summed E-state index contributed by atoms with van der Waals surface area (Å²) in [6.07, 6.45) is -6.75. The molecule has 0 bridgehead atoms. The molecule has 1 aliphatic heterocycles. The second-order valence-corrected chi connectivity index (χ2v) is 5.22. The number of nitrogens with one attached hydrogen (secondary N) is 1. The zero-order valence-electron chi connectivity index (χ0n) is 12.6. The van der Waals surface area contributed by atoms with Gasteiger partial charge in [-0.2, -0.15) is 0 Å². The fourth-order valence-corrected chi connectivity index (χ4v) is 2.34. The van der Waals surface area contributed by atoms with Gasteiger partial charge in [0.2, 0.25) is 6.29 Å². The predicted octanol–water partition coefficient (Wildman–Crippen LogP) is -1.70. The Morgan fingerprint density at radius 3 is 2.57 bits per heavy atom. The minimum Gasteiger partial charge on any atom is -0.460 e. The molecule has 2 rings (SSSR count). The number of nitrogens with two attached hydrogens (primary N) is 1. The summed E-state index contributed by atoms with van der Waals surface area (Å²) in [5.41, 5.74) is 3.74. The van der Waals surface area contributed by atoms with Crippen molar-refractivity contribution in [3.63, 3.8) is 0 Å². The third kappa shape index (κ3) is 3.90. The Morgan fingerprint density at radius 1 is 1.22 bits per heavy atom. The van der Waals surface area contributed by atoms with Crippen molar-refractivity contribution in [3.8, 4) is 5.75 Å². The maximum absolute atomic E-state index is 9.97. The van der Waals surface area contributed by atoms with E-state index in [1.165, 1.54) is 0 Å². The molecule has 0 aliphatic carbocycles. The predicted molar refractivity (Wildman–Crippen MR) is 79.4 cm³/mol. The van der Waals surface area contributed by atoms with Crippen LogP contribution in [0.15, 0.2) is 18.2 Å². The van der Waals surface area contributed by atoms with E-state index in [1.54, 1.807) is 25.3 Å². The summed E-state index contributed by atoms with van der Waals surface area (Å²) in [5.74, 6) is 5.73. The van der Waals surface area contributed by atoms with Crippen molar-refractivity contribution in [2.24, 2.45) is 5.84 Å². The number of anilines is 1. The highest BCUT2D eigenvalue weighted by Crippen LogP contribution is 2.30. The molecule has 5 unspecified atom stereocenters. The average Bonchev–Trinajstić information content (AvgIpc) is 2.56. The van der Waals surface area contributed by atoms with Crippen LogP contribution in [0.4, 0.5) is 5.69 Å². The Morgan fingerprint density at radius 2 is 1.96 bits per heavy atom. The molecule has 1 aromatic carbocycles. The van der Waals surface area contributed by atoms with Crippen LogP contribution in [0.3, 0.4) is 0 Å². The van der Waals surface area contributed by atoms with E-state index >= 15 is 0 Å². The molecule has 0 aromatic heterocycles. The number of methoxy groups -OCH3 is 1. The van der Waals surface area contributed by atoms with E-state index in [1.807, 2.05) is 0 Å². The minimum absolute atomic E-state index is 0.275. The summed E-state index contributed by atoms with van der Waals surface area (Å²) in [6, 6.07) is 5.04. The molecule has 7 N–H and O–H groups in total. The quantitative estimate of drug-likeness (QED) is 0.265. The molecule has 0 amide bonds. The molecule has 0 spiro atoms. The first-order chi connectivity index (χ1) is 11.0. The zero-order chi connectivity index (χ0) is 17.0. The molecule has 130 valence electrons. The lowest BCUT2D eigenvalue weighted by atomic mass is 9.99. The molecule has 0 saturated carbocycles. The molecule has 1 fully saturated rings. The van der Waals surface area contributed by atoms with Gasteiger partial charge in [-0.05, 0) is 17.7 Å². The van der Waals surface area contributed by atoms with Gasteiger partial charge in [-0.1, -0.05) is 6.07 Å². The first kappa shape index (κ1) is 17.9. The Kier molecular flexibility index (Phi) is 6.13. The summed E-state index contributed by atoms with van der Waals surface area (Å²) in [6.45, 7) is -0.144. The Balaban J connectivity index is 2.17. The fraction of sp³-hybridized carbons (Fsp3) is 0.571. The van der Waals surface area contributed by atoms with Gasteiger partial charge in [0.05, 0.1) is 18.9 Å². The van der Waals surface area contributed by atoms with Gasteiger partial charge in [-0.25, -0.2) is 0 Å². The smallest absolute Gasteiger partial charge is 0.229 e. The minimum atomic E-state index is -1.51. The van der Waals surface area contributed by atoms with Crippen LogP contribution in [0, 0.1) is 0 Å². The summed E-state index contributed by atoms with van der Waals surface area (Å²) in [4.78, 5) is 0.